The highest BCUT2D eigenvalue weighted by molar-refractivity contribution is 7.92. The van der Waals surface area contributed by atoms with E-state index in [1.54, 1.807) is 0 Å². The van der Waals surface area contributed by atoms with E-state index in [1.807, 2.05) is 0 Å². The van der Waals surface area contributed by atoms with Crippen LogP contribution in [0.1, 0.15) is 5.56 Å². The van der Waals surface area contributed by atoms with Gasteiger partial charge in [-0.15, -0.1) is 0 Å². The summed E-state index contributed by atoms with van der Waals surface area (Å²) in [5.41, 5.74) is 0.240. The number of aliphatic hydroxyl groups excluding tert-OH is 1. The Kier molecular flexibility index (Phi) is 4.02. The number of H-pyrrole nitrogens is 1. The molecular weight excluding hydrogens is 285 g/mol. The molecule has 1 aromatic carbocycles. The summed E-state index contributed by atoms with van der Waals surface area (Å²) < 4.78 is 39.4. The van der Waals surface area contributed by atoms with Gasteiger partial charge in [0.15, 0.2) is 5.03 Å². The van der Waals surface area contributed by atoms with Crippen molar-refractivity contribution < 1.29 is 17.9 Å². The second-order valence-electron chi connectivity index (χ2n) is 3.68. The van der Waals surface area contributed by atoms with Gasteiger partial charge in [-0.1, -0.05) is 11.8 Å². The standard InChI is InChI=1S/C12H10FN3O3S/c13-10-3-4-11(9(8-10)2-1-7-17)16-20(18,19)12-5-6-14-15-12/h3-6,8,16-17H,7H2,(H,14,15). The number of sulfonamides is 1. The van der Waals surface area contributed by atoms with Crippen LogP contribution < -0.4 is 4.72 Å². The molecule has 3 N–H and O–H groups in total. The molecule has 0 spiro atoms. The Balaban J connectivity index is 2.39. The smallest absolute Gasteiger partial charge is 0.278 e. The molecule has 0 atom stereocenters. The lowest BCUT2D eigenvalue weighted by molar-refractivity contribution is 0.350. The molecule has 0 unspecified atom stereocenters. The van der Waals surface area contributed by atoms with E-state index in [-0.39, 0.29) is 16.3 Å². The molecule has 0 fully saturated rings. The molecule has 1 heterocycles. The van der Waals surface area contributed by atoms with E-state index in [0.29, 0.717) is 0 Å². The number of anilines is 1. The van der Waals surface area contributed by atoms with Crippen LogP contribution in [-0.4, -0.2) is 30.3 Å². The van der Waals surface area contributed by atoms with Crippen molar-refractivity contribution in [3.8, 4) is 11.8 Å². The summed E-state index contributed by atoms with van der Waals surface area (Å²) in [6.07, 6.45) is 1.30. The Labute approximate surface area is 114 Å². The Hall–Kier alpha value is -2.37. The van der Waals surface area contributed by atoms with Gasteiger partial charge in [0.25, 0.3) is 10.0 Å². The van der Waals surface area contributed by atoms with E-state index in [1.165, 1.54) is 18.3 Å². The fourth-order valence-electron chi connectivity index (χ4n) is 1.44. The summed E-state index contributed by atoms with van der Waals surface area (Å²) in [6, 6.07) is 4.72. The number of aromatic nitrogens is 2. The van der Waals surface area contributed by atoms with Gasteiger partial charge in [0.2, 0.25) is 0 Å². The highest BCUT2D eigenvalue weighted by Gasteiger charge is 2.17. The molecule has 0 radical (unpaired) electrons. The van der Waals surface area contributed by atoms with E-state index in [0.717, 1.165) is 12.1 Å². The topological polar surface area (TPSA) is 95.1 Å². The summed E-state index contributed by atoms with van der Waals surface area (Å²) >= 11 is 0. The van der Waals surface area contributed by atoms with Gasteiger partial charge in [-0.05, 0) is 24.3 Å². The van der Waals surface area contributed by atoms with Crippen molar-refractivity contribution in [3.05, 3.63) is 41.8 Å². The van der Waals surface area contributed by atoms with E-state index < -0.39 is 22.4 Å². The minimum absolute atomic E-state index is 0.113. The summed E-state index contributed by atoms with van der Waals surface area (Å²) in [6.45, 7) is -0.413. The first-order chi connectivity index (χ1) is 9.53. The first-order valence-electron chi connectivity index (χ1n) is 5.44. The molecular formula is C12H10FN3O3S. The highest BCUT2D eigenvalue weighted by Crippen LogP contribution is 2.19. The van der Waals surface area contributed by atoms with Gasteiger partial charge in [0.1, 0.15) is 12.4 Å². The number of hydrogen-bond acceptors (Lipinski definition) is 4. The molecule has 6 nitrogen and oxygen atoms in total. The number of benzene rings is 1. The van der Waals surface area contributed by atoms with Crippen molar-refractivity contribution in [2.75, 3.05) is 11.3 Å². The van der Waals surface area contributed by atoms with Crippen molar-refractivity contribution in [2.45, 2.75) is 5.03 Å². The minimum Gasteiger partial charge on any atom is -0.384 e. The van der Waals surface area contributed by atoms with Crippen LogP contribution >= 0.6 is 0 Å². The van der Waals surface area contributed by atoms with Gasteiger partial charge in [0.05, 0.1) is 17.4 Å². The molecule has 0 saturated carbocycles. The number of aromatic amines is 1. The Morgan fingerprint density at radius 1 is 1.40 bits per heavy atom. The fourth-order valence-corrected chi connectivity index (χ4v) is 2.43. The summed E-state index contributed by atoms with van der Waals surface area (Å²) in [5, 5.41) is 14.4. The normalized spacial score (nSPS) is 10.7. The Morgan fingerprint density at radius 2 is 2.20 bits per heavy atom. The second kappa shape index (κ2) is 5.73. The zero-order valence-electron chi connectivity index (χ0n) is 10.1. The van der Waals surface area contributed by atoms with E-state index in [2.05, 4.69) is 26.8 Å². The van der Waals surface area contributed by atoms with Crippen LogP contribution in [0.15, 0.2) is 35.5 Å². The van der Waals surface area contributed by atoms with Crippen molar-refractivity contribution in [2.24, 2.45) is 0 Å². The zero-order chi connectivity index (χ0) is 14.6. The average Bonchev–Trinajstić information content (AvgIpc) is 2.93. The number of aliphatic hydroxyl groups is 1. The molecule has 0 saturated heterocycles. The van der Waals surface area contributed by atoms with Gasteiger partial charge in [-0.25, -0.2) is 4.39 Å². The quantitative estimate of drug-likeness (QED) is 0.726. The molecule has 1 aromatic heterocycles. The lowest BCUT2D eigenvalue weighted by Gasteiger charge is -2.08. The van der Waals surface area contributed by atoms with E-state index in [4.69, 9.17) is 5.11 Å². The molecule has 2 aromatic rings. The maximum absolute atomic E-state index is 13.2. The Morgan fingerprint density at radius 3 is 2.85 bits per heavy atom. The van der Waals surface area contributed by atoms with E-state index in [9.17, 15) is 12.8 Å². The third-order valence-corrected chi connectivity index (χ3v) is 3.59. The van der Waals surface area contributed by atoms with Crippen LogP contribution in [0.2, 0.25) is 0 Å². The van der Waals surface area contributed by atoms with Crippen LogP contribution in [0, 0.1) is 17.7 Å². The third kappa shape index (κ3) is 3.14. The fraction of sp³-hybridized carbons (Fsp3) is 0.0833. The maximum atomic E-state index is 13.2. The third-order valence-electron chi connectivity index (χ3n) is 2.29. The minimum atomic E-state index is -3.85. The van der Waals surface area contributed by atoms with Crippen LogP contribution in [0.4, 0.5) is 10.1 Å². The number of hydrogen-bond donors (Lipinski definition) is 3. The van der Waals surface area contributed by atoms with Gasteiger partial charge < -0.3 is 5.11 Å². The lowest BCUT2D eigenvalue weighted by atomic mass is 10.2. The lowest BCUT2D eigenvalue weighted by Crippen LogP contribution is -2.14. The first kappa shape index (κ1) is 14.0. The number of halogens is 1. The summed E-state index contributed by atoms with van der Waals surface area (Å²) in [5.74, 6) is 4.26. The largest absolute Gasteiger partial charge is 0.384 e. The van der Waals surface area contributed by atoms with Gasteiger partial charge >= 0.3 is 0 Å². The number of nitrogens with zero attached hydrogens (tertiary/aromatic N) is 1. The van der Waals surface area contributed by atoms with Crippen molar-refractivity contribution in [3.63, 3.8) is 0 Å². The SMILES string of the molecule is O=S(=O)(Nc1ccc(F)cc1C#CCO)c1ccn[nH]1. The van der Waals surface area contributed by atoms with E-state index >= 15 is 0 Å². The predicted octanol–water partition coefficient (Wildman–Crippen LogP) is 0.693. The monoisotopic (exact) mass is 295 g/mol. The molecule has 0 aliphatic carbocycles. The van der Waals surface area contributed by atoms with Crippen molar-refractivity contribution >= 4 is 15.7 Å². The molecule has 104 valence electrons. The molecule has 0 amide bonds. The molecule has 2 rings (SSSR count). The summed E-state index contributed by atoms with van der Waals surface area (Å²) in [4.78, 5) is 0. The molecule has 0 aliphatic rings. The molecule has 20 heavy (non-hydrogen) atoms. The molecule has 8 heteroatoms. The maximum Gasteiger partial charge on any atom is 0.278 e. The van der Waals surface area contributed by atoms with Crippen molar-refractivity contribution in [1.82, 2.24) is 10.2 Å². The average molecular weight is 295 g/mol. The van der Waals surface area contributed by atoms with Crippen LogP contribution in [0.3, 0.4) is 0 Å². The van der Waals surface area contributed by atoms with Gasteiger partial charge in [0, 0.05) is 0 Å². The molecule has 0 bridgehead atoms. The molecule has 0 aliphatic heterocycles. The van der Waals surface area contributed by atoms with Crippen LogP contribution in [-0.2, 0) is 10.0 Å². The van der Waals surface area contributed by atoms with Crippen molar-refractivity contribution in [1.29, 1.82) is 0 Å². The Bertz CT molecular complexity index is 761. The first-order valence-corrected chi connectivity index (χ1v) is 6.93. The number of nitrogens with one attached hydrogen (secondary N) is 2. The highest BCUT2D eigenvalue weighted by atomic mass is 32.2. The van der Waals surface area contributed by atoms with Crippen LogP contribution in [0.25, 0.3) is 0 Å². The summed E-state index contributed by atoms with van der Waals surface area (Å²) in [7, 11) is -3.85. The van der Waals surface area contributed by atoms with Gasteiger partial charge in [-0.2, -0.15) is 13.5 Å². The van der Waals surface area contributed by atoms with Crippen LogP contribution in [0.5, 0.6) is 0 Å². The second-order valence-corrected chi connectivity index (χ2v) is 5.33. The zero-order valence-corrected chi connectivity index (χ0v) is 10.9. The predicted molar refractivity (Wildman–Crippen MR) is 69.8 cm³/mol. The van der Waals surface area contributed by atoms with Gasteiger partial charge in [-0.3, -0.25) is 9.82 Å². The number of rotatable bonds is 3.